The largest absolute Gasteiger partial charge is 0.324 e. The summed E-state index contributed by atoms with van der Waals surface area (Å²) in [6, 6.07) is 7.81. The van der Waals surface area contributed by atoms with Crippen LogP contribution in [0.5, 0.6) is 0 Å². The number of anilines is 1. The van der Waals surface area contributed by atoms with Gasteiger partial charge in [-0.2, -0.15) is 0 Å². The molecule has 0 bridgehead atoms. The first-order valence-corrected chi connectivity index (χ1v) is 7.44. The van der Waals surface area contributed by atoms with E-state index >= 15 is 0 Å². The Morgan fingerprint density at radius 3 is 3.10 bits per heavy atom. The zero-order chi connectivity index (χ0) is 14.2. The standard InChI is InChI=1S/C15H16BrN3O/c1-15(5-6-17-9-15)14(20)19-12-4-2-3-10-7-11(16)8-18-13(10)12/h2-4,7-8,17H,5-6,9H2,1H3,(H,19,20). The molecular weight excluding hydrogens is 318 g/mol. The number of halogens is 1. The Kier molecular flexibility index (Phi) is 3.48. The molecule has 2 N–H and O–H groups in total. The maximum Gasteiger partial charge on any atom is 0.231 e. The molecule has 0 spiro atoms. The highest BCUT2D eigenvalue weighted by atomic mass is 79.9. The Hall–Kier alpha value is -1.46. The Labute approximate surface area is 126 Å². The van der Waals surface area contributed by atoms with E-state index in [4.69, 9.17) is 0 Å². The van der Waals surface area contributed by atoms with Gasteiger partial charge in [0.25, 0.3) is 0 Å². The van der Waals surface area contributed by atoms with Crippen LogP contribution in [-0.4, -0.2) is 24.0 Å². The van der Waals surface area contributed by atoms with E-state index in [1.54, 1.807) is 6.20 Å². The topological polar surface area (TPSA) is 54.0 Å². The highest BCUT2D eigenvalue weighted by Crippen LogP contribution is 2.29. The zero-order valence-corrected chi connectivity index (χ0v) is 12.8. The Balaban J connectivity index is 1.93. The molecule has 3 rings (SSSR count). The molecule has 1 aliphatic heterocycles. The second-order valence-corrected chi connectivity index (χ2v) is 6.39. The van der Waals surface area contributed by atoms with E-state index in [2.05, 4.69) is 31.5 Å². The number of nitrogens with one attached hydrogen (secondary N) is 2. The molecule has 0 saturated carbocycles. The number of para-hydroxylation sites is 1. The van der Waals surface area contributed by atoms with Crippen molar-refractivity contribution in [2.24, 2.45) is 5.41 Å². The molecule has 0 aliphatic carbocycles. The molecular formula is C15H16BrN3O. The minimum atomic E-state index is -0.336. The van der Waals surface area contributed by atoms with Gasteiger partial charge in [0, 0.05) is 22.6 Å². The molecule has 0 radical (unpaired) electrons. The van der Waals surface area contributed by atoms with E-state index in [0.29, 0.717) is 0 Å². The quantitative estimate of drug-likeness (QED) is 0.888. The van der Waals surface area contributed by atoms with Crippen molar-refractivity contribution in [1.29, 1.82) is 0 Å². The average Bonchev–Trinajstić information content (AvgIpc) is 2.87. The Morgan fingerprint density at radius 1 is 1.50 bits per heavy atom. The van der Waals surface area contributed by atoms with Gasteiger partial charge in [0.2, 0.25) is 5.91 Å². The van der Waals surface area contributed by atoms with E-state index in [-0.39, 0.29) is 11.3 Å². The van der Waals surface area contributed by atoms with E-state index in [1.165, 1.54) is 0 Å². The van der Waals surface area contributed by atoms with Gasteiger partial charge in [0.1, 0.15) is 0 Å². The van der Waals surface area contributed by atoms with Gasteiger partial charge in [-0.3, -0.25) is 9.78 Å². The molecule has 1 amide bonds. The van der Waals surface area contributed by atoms with Crippen molar-refractivity contribution in [3.05, 3.63) is 34.9 Å². The summed E-state index contributed by atoms with van der Waals surface area (Å²) in [4.78, 5) is 16.9. The number of aromatic nitrogens is 1. The van der Waals surface area contributed by atoms with Crippen LogP contribution in [0.25, 0.3) is 10.9 Å². The molecule has 104 valence electrons. The molecule has 2 aromatic rings. The number of amides is 1. The predicted octanol–water partition coefficient (Wildman–Crippen LogP) is 2.94. The third-order valence-corrected chi connectivity index (χ3v) is 4.28. The molecule has 1 unspecified atom stereocenters. The number of fused-ring (bicyclic) bond motifs is 1. The van der Waals surface area contributed by atoms with Gasteiger partial charge in [0.15, 0.2) is 0 Å². The summed E-state index contributed by atoms with van der Waals surface area (Å²) >= 11 is 3.41. The maximum absolute atomic E-state index is 12.5. The van der Waals surface area contributed by atoms with Crippen molar-refractivity contribution in [2.45, 2.75) is 13.3 Å². The number of nitrogens with zero attached hydrogens (tertiary/aromatic N) is 1. The fourth-order valence-electron chi connectivity index (χ4n) is 2.52. The predicted molar refractivity (Wildman–Crippen MR) is 83.7 cm³/mol. The molecule has 1 saturated heterocycles. The highest BCUT2D eigenvalue weighted by Gasteiger charge is 2.36. The van der Waals surface area contributed by atoms with Crippen molar-refractivity contribution in [3.63, 3.8) is 0 Å². The van der Waals surface area contributed by atoms with Crippen molar-refractivity contribution in [1.82, 2.24) is 10.3 Å². The highest BCUT2D eigenvalue weighted by molar-refractivity contribution is 9.10. The maximum atomic E-state index is 12.5. The molecule has 20 heavy (non-hydrogen) atoms. The van der Waals surface area contributed by atoms with E-state index in [0.717, 1.165) is 40.6 Å². The molecule has 5 heteroatoms. The zero-order valence-electron chi connectivity index (χ0n) is 11.2. The minimum Gasteiger partial charge on any atom is -0.324 e. The molecule has 4 nitrogen and oxygen atoms in total. The molecule has 2 heterocycles. The number of hydrogen-bond acceptors (Lipinski definition) is 3. The van der Waals surface area contributed by atoms with Gasteiger partial charge >= 0.3 is 0 Å². The van der Waals surface area contributed by atoms with Crippen LogP contribution in [0.2, 0.25) is 0 Å². The van der Waals surface area contributed by atoms with Gasteiger partial charge in [-0.1, -0.05) is 12.1 Å². The van der Waals surface area contributed by atoms with Gasteiger partial charge in [0.05, 0.1) is 16.6 Å². The summed E-state index contributed by atoms with van der Waals surface area (Å²) in [5, 5.41) is 7.28. The molecule has 1 fully saturated rings. The van der Waals surface area contributed by atoms with Crippen molar-refractivity contribution in [3.8, 4) is 0 Å². The Morgan fingerprint density at radius 2 is 2.35 bits per heavy atom. The van der Waals surface area contributed by atoms with Crippen molar-refractivity contribution in [2.75, 3.05) is 18.4 Å². The number of benzene rings is 1. The lowest BCUT2D eigenvalue weighted by atomic mass is 9.88. The number of carbonyl (C=O) groups excluding carboxylic acids is 1. The van der Waals surface area contributed by atoms with Crippen LogP contribution in [0.15, 0.2) is 34.9 Å². The minimum absolute atomic E-state index is 0.0553. The molecule has 1 atom stereocenters. The first-order chi connectivity index (χ1) is 9.58. The first kappa shape index (κ1) is 13.5. The number of rotatable bonds is 2. The lowest BCUT2D eigenvalue weighted by Crippen LogP contribution is -2.35. The number of pyridine rings is 1. The second-order valence-electron chi connectivity index (χ2n) is 5.47. The van der Waals surface area contributed by atoms with E-state index in [1.807, 2.05) is 31.2 Å². The molecule has 1 aliphatic rings. The fourth-order valence-corrected chi connectivity index (χ4v) is 2.87. The van der Waals surface area contributed by atoms with Crippen LogP contribution >= 0.6 is 15.9 Å². The van der Waals surface area contributed by atoms with Crippen LogP contribution < -0.4 is 10.6 Å². The summed E-state index contributed by atoms with van der Waals surface area (Å²) in [5.74, 6) is 0.0553. The SMILES string of the molecule is CC1(C(=O)Nc2cccc3cc(Br)cnc23)CCNC1. The normalized spacial score (nSPS) is 22.1. The van der Waals surface area contributed by atoms with Crippen LogP contribution in [0.1, 0.15) is 13.3 Å². The van der Waals surface area contributed by atoms with Crippen molar-refractivity contribution < 1.29 is 4.79 Å². The molecule has 1 aromatic heterocycles. The van der Waals surface area contributed by atoms with E-state index in [9.17, 15) is 4.79 Å². The summed E-state index contributed by atoms with van der Waals surface area (Å²) < 4.78 is 0.931. The summed E-state index contributed by atoms with van der Waals surface area (Å²) in [5.41, 5.74) is 1.25. The smallest absolute Gasteiger partial charge is 0.231 e. The lowest BCUT2D eigenvalue weighted by Gasteiger charge is -2.21. The third-order valence-electron chi connectivity index (χ3n) is 3.84. The van der Waals surface area contributed by atoms with Crippen molar-refractivity contribution >= 4 is 38.4 Å². The van der Waals surface area contributed by atoms with E-state index < -0.39 is 0 Å². The number of hydrogen-bond donors (Lipinski definition) is 2. The Bertz CT molecular complexity index is 665. The van der Waals surface area contributed by atoms with Gasteiger partial charge in [-0.15, -0.1) is 0 Å². The monoisotopic (exact) mass is 333 g/mol. The fraction of sp³-hybridized carbons (Fsp3) is 0.333. The third kappa shape index (κ3) is 2.43. The lowest BCUT2D eigenvalue weighted by molar-refractivity contribution is -0.123. The summed E-state index contributed by atoms with van der Waals surface area (Å²) in [7, 11) is 0. The van der Waals surface area contributed by atoms with Crippen LogP contribution in [-0.2, 0) is 4.79 Å². The second kappa shape index (κ2) is 5.14. The first-order valence-electron chi connectivity index (χ1n) is 6.65. The average molecular weight is 334 g/mol. The van der Waals surface area contributed by atoms with Gasteiger partial charge in [-0.05, 0) is 48.0 Å². The number of carbonyl (C=O) groups is 1. The van der Waals surface area contributed by atoms with Crippen LogP contribution in [0.4, 0.5) is 5.69 Å². The molecule has 1 aromatic carbocycles. The van der Waals surface area contributed by atoms with Gasteiger partial charge < -0.3 is 10.6 Å². The van der Waals surface area contributed by atoms with Gasteiger partial charge in [-0.25, -0.2) is 0 Å². The summed E-state index contributed by atoms with van der Waals surface area (Å²) in [6.07, 6.45) is 2.61. The van der Waals surface area contributed by atoms with Crippen LogP contribution in [0, 0.1) is 5.41 Å². The van der Waals surface area contributed by atoms with Crippen LogP contribution in [0.3, 0.4) is 0 Å². The summed E-state index contributed by atoms with van der Waals surface area (Å²) in [6.45, 7) is 3.62.